The van der Waals surface area contributed by atoms with Gasteiger partial charge in [-0.25, -0.2) is 13.2 Å². The fraction of sp³-hybridized carbons (Fsp3) is 0. The van der Waals surface area contributed by atoms with Crippen LogP contribution in [0.5, 0.6) is 0 Å². The zero-order valence-corrected chi connectivity index (χ0v) is 16.4. The summed E-state index contributed by atoms with van der Waals surface area (Å²) < 4.78 is 27.6. The molecular weight excluding hydrogens is 416 g/mol. The number of carbonyl (C=O) groups is 2. The number of hydrogen-bond acceptors (Lipinski definition) is 4. The Hall–Kier alpha value is -3.36. The van der Waals surface area contributed by atoms with Gasteiger partial charge in [-0.1, -0.05) is 23.7 Å². The molecule has 0 aromatic heterocycles. The minimum atomic E-state index is -3.93. The van der Waals surface area contributed by atoms with Gasteiger partial charge in [0.1, 0.15) is 0 Å². The van der Waals surface area contributed by atoms with E-state index in [1.54, 1.807) is 12.1 Å². The second-order valence-electron chi connectivity index (χ2n) is 5.94. The van der Waals surface area contributed by atoms with Crippen molar-refractivity contribution in [3.63, 3.8) is 0 Å². The number of benzene rings is 3. The van der Waals surface area contributed by atoms with Crippen LogP contribution in [0.4, 0.5) is 11.4 Å². The third kappa shape index (κ3) is 4.92. The van der Waals surface area contributed by atoms with Crippen molar-refractivity contribution in [1.82, 2.24) is 0 Å². The Bertz CT molecular complexity index is 1160. The number of para-hydroxylation sites is 1. The van der Waals surface area contributed by atoms with E-state index in [0.717, 1.165) is 0 Å². The Labute approximate surface area is 172 Å². The van der Waals surface area contributed by atoms with Gasteiger partial charge in [-0.15, -0.1) is 0 Å². The number of rotatable bonds is 6. The van der Waals surface area contributed by atoms with Gasteiger partial charge >= 0.3 is 5.97 Å². The monoisotopic (exact) mass is 430 g/mol. The van der Waals surface area contributed by atoms with E-state index in [2.05, 4.69) is 10.0 Å². The van der Waals surface area contributed by atoms with Gasteiger partial charge in [-0.05, 0) is 60.7 Å². The Balaban J connectivity index is 1.83. The first-order valence-corrected chi connectivity index (χ1v) is 10.1. The first-order chi connectivity index (χ1) is 13.8. The molecule has 0 saturated carbocycles. The number of hydrogen-bond donors (Lipinski definition) is 3. The molecule has 0 radical (unpaired) electrons. The van der Waals surface area contributed by atoms with Crippen LogP contribution in [0.2, 0.25) is 5.02 Å². The standard InChI is InChI=1S/C20H15ClN2O5S/c21-14-7-11-16(12-8-14)29(27,28)23-18-4-2-1-3-17(18)19(24)22-15-9-5-13(6-10-15)20(25)26/h1-12,23H,(H,22,24)(H,25,26). The van der Waals surface area contributed by atoms with Crippen LogP contribution in [-0.2, 0) is 10.0 Å². The first kappa shape index (κ1) is 20.4. The zero-order chi connectivity index (χ0) is 21.0. The maximum atomic E-state index is 12.6. The molecule has 148 valence electrons. The Morgan fingerprint density at radius 1 is 0.862 bits per heavy atom. The number of carboxylic acid groups (broad SMARTS) is 1. The molecule has 7 nitrogen and oxygen atoms in total. The van der Waals surface area contributed by atoms with Gasteiger partial charge in [0.05, 0.1) is 21.7 Å². The first-order valence-electron chi connectivity index (χ1n) is 8.28. The van der Waals surface area contributed by atoms with E-state index in [0.29, 0.717) is 10.7 Å². The van der Waals surface area contributed by atoms with Gasteiger partial charge in [0, 0.05) is 10.7 Å². The van der Waals surface area contributed by atoms with E-state index in [1.165, 1.54) is 60.7 Å². The van der Waals surface area contributed by atoms with Crippen LogP contribution in [0.1, 0.15) is 20.7 Å². The van der Waals surface area contributed by atoms with Crippen molar-refractivity contribution in [2.24, 2.45) is 0 Å². The summed E-state index contributed by atoms with van der Waals surface area (Å²) >= 11 is 5.79. The SMILES string of the molecule is O=C(O)c1ccc(NC(=O)c2ccccc2NS(=O)(=O)c2ccc(Cl)cc2)cc1. The normalized spacial score (nSPS) is 10.9. The van der Waals surface area contributed by atoms with Crippen LogP contribution in [-0.4, -0.2) is 25.4 Å². The number of nitrogens with one attached hydrogen (secondary N) is 2. The minimum Gasteiger partial charge on any atom is -0.478 e. The predicted molar refractivity (Wildman–Crippen MR) is 110 cm³/mol. The number of sulfonamides is 1. The number of carbonyl (C=O) groups excluding carboxylic acids is 1. The molecule has 0 atom stereocenters. The highest BCUT2D eigenvalue weighted by atomic mass is 35.5. The third-order valence-corrected chi connectivity index (χ3v) is 5.56. The van der Waals surface area contributed by atoms with Crippen molar-refractivity contribution in [3.8, 4) is 0 Å². The lowest BCUT2D eigenvalue weighted by Crippen LogP contribution is -2.18. The number of anilines is 2. The van der Waals surface area contributed by atoms with E-state index < -0.39 is 21.9 Å². The van der Waals surface area contributed by atoms with Crippen molar-refractivity contribution in [3.05, 3.63) is 88.9 Å². The van der Waals surface area contributed by atoms with Crippen LogP contribution in [0.15, 0.2) is 77.7 Å². The summed E-state index contributed by atoms with van der Waals surface area (Å²) in [5.74, 6) is -1.63. The molecule has 0 heterocycles. The molecule has 3 aromatic rings. The maximum absolute atomic E-state index is 12.6. The highest BCUT2D eigenvalue weighted by Gasteiger charge is 2.19. The lowest BCUT2D eigenvalue weighted by atomic mass is 10.1. The molecule has 1 amide bonds. The fourth-order valence-electron chi connectivity index (χ4n) is 2.48. The van der Waals surface area contributed by atoms with Gasteiger partial charge < -0.3 is 10.4 Å². The van der Waals surface area contributed by atoms with Crippen molar-refractivity contribution in [2.45, 2.75) is 4.90 Å². The van der Waals surface area contributed by atoms with Crippen LogP contribution >= 0.6 is 11.6 Å². The molecule has 3 N–H and O–H groups in total. The van der Waals surface area contributed by atoms with E-state index in [1.807, 2.05) is 0 Å². The molecule has 0 spiro atoms. The maximum Gasteiger partial charge on any atom is 0.335 e. The summed E-state index contributed by atoms with van der Waals surface area (Å²) in [6.07, 6.45) is 0. The lowest BCUT2D eigenvalue weighted by molar-refractivity contribution is 0.0696. The highest BCUT2D eigenvalue weighted by molar-refractivity contribution is 7.92. The highest BCUT2D eigenvalue weighted by Crippen LogP contribution is 2.22. The Kier molecular flexibility index (Phi) is 5.86. The molecule has 0 aliphatic carbocycles. The van der Waals surface area contributed by atoms with Crippen LogP contribution < -0.4 is 10.0 Å². The van der Waals surface area contributed by atoms with E-state index in [4.69, 9.17) is 16.7 Å². The van der Waals surface area contributed by atoms with Gasteiger partial charge in [-0.2, -0.15) is 0 Å². The fourth-order valence-corrected chi connectivity index (χ4v) is 3.69. The molecular formula is C20H15ClN2O5S. The van der Waals surface area contributed by atoms with Crippen molar-refractivity contribution < 1.29 is 23.1 Å². The van der Waals surface area contributed by atoms with Gasteiger partial charge in [-0.3, -0.25) is 9.52 Å². The van der Waals surface area contributed by atoms with Gasteiger partial charge in [0.15, 0.2) is 0 Å². The molecule has 0 aliphatic heterocycles. The summed E-state index contributed by atoms with van der Waals surface area (Å²) in [6.45, 7) is 0. The van der Waals surface area contributed by atoms with Crippen LogP contribution in [0, 0.1) is 0 Å². The summed E-state index contributed by atoms with van der Waals surface area (Å²) in [5, 5.41) is 11.9. The van der Waals surface area contributed by atoms with E-state index in [9.17, 15) is 18.0 Å². The summed E-state index contributed by atoms with van der Waals surface area (Å²) in [7, 11) is -3.93. The second-order valence-corrected chi connectivity index (χ2v) is 8.06. The Morgan fingerprint density at radius 2 is 1.48 bits per heavy atom. The predicted octanol–water partition coefficient (Wildman–Crippen LogP) is 4.09. The van der Waals surface area contributed by atoms with Crippen LogP contribution in [0.3, 0.4) is 0 Å². The van der Waals surface area contributed by atoms with Crippen molar-refractivity contribution >= 4 is 44.9 Å². The quantitative estimate of drug-likeness (QED) is 0.545. The summed E-state index contributed by atoms with van der Waals surface area (Å²) in [4.78, 5) is 23.6. The van der Waals surface area contributed by atoms with E-state index in [-0.39, 0.29) is 21.7 Å². The Morgan fingerprint density at radius 3 is 2.10 bits per heavy atom. The number of halogens is 1. The smallest absolute Gasteiger partial charge is 0.335 e. The summed E-state index contributed by atoms with van der Waals surface area (Å²) in [6, 6.07) is 17.4. The molecule has 0 saturated heterocycles. The summed E-state index contributed by atoms with van der Waals surface area (Å²) in [5.41, 5.74) is 0.656. The minimum absolute atomic E-state index is 0.00127. The van der Waals surface area contributed by atoms with E-state index >= 15 is 0 Å². The number of carboxylic acids is 1. The molecule has 0 bridgehead atoms. The van der Waals surface area contributed by atoms with Crippen molar-refractivity contribution in [2.75, 3.05) is 10.0 Å². The molecule has 3 rings (SSSR count). The van der Waals surface area contributed by atoms with Gasteiger partial charge in [0.25, 0.3) is 15.9 Å². The zero-order valence-electron chi connectivity index (χ0n) is 14.8. The topological polar surface area (TPSA) is 113 Å². The molecule has 0 unspecified atom stereocenters. The second kappa shape index (κ2) is 8.34. The van der Waals surface area contributed by atoms with Gasteiger partial charge in [0.2, 0.25) is 0 Å². The van der Waals surface area contributed by atoms with Crippen molar-refractivity contribution in [1.29, 1.82) is 0 Å². The average molecular weight is 431 g/mol. The molecule has 29 heavy (non-hydrogen) atoms. The number of amides is 1. The largest absolute Gasteiger partial charge is 0.478 e. The molecule has 0 aliphatic rings. The van der Waals surface area contributed by atoms with Crippen LogP contribution in [0.25, 0.3) is 0 Å². The number of aromatic carboxylic acids is 1. The molecule has 3 aromatic carbocycles. The average Bonchev–Trinajstić information content (AvgIpc) is 2.69. The lowest BCUT2D eigenvalue weighted by Gasteiger charge is -2.13. The molecule has 9 heteroatoms. The molecule has 0 fully saturated rings. The third-order valence-electron chi connectivity index (χ3n) is 3.93.